The number of fused-ring (bicyclic) bond motifs is 1. The third kappa shape index (κ3) is 4.87. The number of hydrogen-bond donors (Lipinski definition) is 2. The molecule has 188 valence electrons. The zero-order valence-electron chi connectivity index (χ0n) is 20.1. The summed E-state index contributed by atoms with van der Waals surface area (Å²) in [6.07, 6.45) is 3.07. The number of piperidine rings is 1. The molecule has 0 aliphatic carbocycles. The van der Waals surface area contributed by atoms with Crippen LogP contribution in [0.1, 0.15) is 24.2 Å². The highest BCUT2D eigenvalue weighted by Gasteiger charge is 2.22. The SMILES string of the molecule is COc1cc(-c2nc(Cc3ccc4[nH]ncc4c3Cl)n(C)n2)ccc1OCC(=O)N1CCC(O)CC1. The molecular formula is C25H27ClN6O4. The maximum absolute atomic E-state index is 12.5. The number of aliphatic hydroxyl groups excluding tert-OH is 1. The lowest BCUT2D eigenvalue weighted by atomic mass is 10.1. The number of hydrogen-bond acceptors (Lipinski definition) is 7. The summed E-state index contributed by atoms with van der Waals surface area (Å²) < 4.78 is 13.0. The van der Waals surface area contributed by atoms with E-state index in [0.717, 1.165) is 27.9 Å². The Bertz CT molecular complexity index is 1390. The highest BCUT2D eigenvalue weighted by atomic mass is 35.5. The summed E-state index contributed by atoms with van der Waals surface area (Å²) >= 11 is 6.59. The van der Waals surface area contributed by atoms with Crippen LogP contribution in [-0.4, -0.2) is 73.8 Å². The Morgan fingerprint density at radius 2 is 2.03 bits per heavy atom. The average Bonchev–Trinajstić information content (AvgIpc) is 3.51. The van der Waals surface area contributed by atoms with E-state index in [1.54, 1.807) is 35.0 Å². The van der Waals surface area contributed by atoms with Crippen LogP contribution >= 0.6 is 11.6 Å². The molecule has 0 bridgehead atoms. The Kier molecular flexibility index (Phi) is 6.80. The second kappa shape index (κ2) is 10.2. The zero-order valence-corrected chi connectivity index (χ0v) is 20.8. The molecule has 5 rings (SSSR count). The van der Waals surface area contributed by atoms with Crippen molar-refractivity contribution in [3.63, 3.8) is 0 Å². The van der Waals surface area contributed by atoms with Gasteiger partial charge in [0.25, 0.3) is 5.91 Å². The van der Waals surface area contributed by atoms with Gasteiger partial charge in [0, 0.05) is 37.5 Å². The van der Waals surface area contributed by atoms with Gasteiger partial charge in [-0.25, -0.2) is 4.98 Å². The Labute approximate surface area is 212 Å². The summed E-state index contributed by atoms with van der Waals surface area (Å²) in [5.41, 5.74) is 2.57. The number of rotatable bonds is 7. The fourth-order valence-electron chi connectivity index (χ4n) is 4.30. The predicted molar refractivity (Wildman–Crippen MR) is 134 cm³/mol. The van der Waals surface area contributed by atoms with Crippen LogP contribution in [0.25, 0.3) is 22.3 Å². The summed E-state index contributed by atoms with van der Waals surface area (Å²) in [5, 5.41) is 22.7. The van der Waals surface area contributed by atoms with Crippen LogP contribution in [-0.2, 0) is 18.3 Å². The van der Waals surface area contributed by atoms with E-state index in [9.17, 15) is 9.90 Å². The van der Waals surface area contributed by atoms with Gasteiger partial charge in [0.1, 0.15) is 5.82 Å². The molecule has 4 aromatic rings. The second-order valence-corrected chi connectivity index (χ2v) is 9.17. The van der Waals surface area contributed by atoms with Crippen molar-refractivity contribution in [3.8, 4) is 22.9 Å². The Hall–Kier alpha value is -3.63. The van der Waals surface area contributed by atoms with E-state index in [1.807, 2.05) is 25.2 Å². The van der Waals surface area contributed by atoms with Gasteiger partial charge in [-0.1, -0.05) is 17.7 Å². The number of aryl methyl sites for hydroxylation is 1. The van der Waals surface area contributed by atoms with Crippen molar-refractivity contribution >= 4 is 28.4 Å². The molecular weight excluding hydrogens is 484 g/mol. The van der Waals surface area contributed by atoms with Gasteiger partial charge in [-0.15, -0.1) is 0 Å². The van der Waals surface area contributed by atoms with E-state index >= 15 is 0 Å². The number of aromatic nitrogens is 5. The number of amides is 1. The molecule has 1 amide bonds. The van der Waals surface area contributed by atoms with Crippen molar-refractivity contribution in [2.45, 2.75) is 25.4 Å². The van der Waals surface area contributed by atoms with E-state index in [-0.39, 0.29) is 18.6 Å². The van der Waals surface area contributed by atoms with Gasteiger partial charge in [-0.05, 0) is 42.7 Å². The number of likely N-dealkylation sites (tertiary alicyclic amines) is 1. The highest BCUT2D eigenvalue weighted by Crippen LogP contribution is 2.32. The summed E-state index contributed by atoms with van der Waals surface area (Å²) in [7, 11) is 3.39. The molecule has 1 fully saturated rings. The number of benzene rings is 2. The molecule has 0 radical (unpaired) electrons. The molecule has 0 saturated carbocycles. The molecule has 36 heavy (non-hydrogen) atoms. The van der Waals surface area contributed by atoms with Crippen LogP contribution < -0.4 is 9.47 Å². The molecule has 0 unspecified atom stereocenters. The Balaban J connectivity index is 1.30. The van der Waals surface area contributed by atoms with E-state index < -0.39 is 0 Å². The van der Waals surface area contributed by atoms with Gasteiger partial charge in [0.15, 0.2) is 23.9 Å². The maximum atomic E-state index is 12.5. The number of aliphatic hydroxyl groups is 1. The molecule has 11 heteroatoms. The number of nitrogens with one attached hydrogen (secondary N) is 1. The van der Waals surface area contributed by atoms with E-state index in [4.69, 9.17) is 26.1 Å². The summed E-state index contributed by atoms with van der Waals surface area (Å²) in [5.74, 6) is 2.13. The van der Waals surface area contributed by atoms with Crippen molar-refractivity contribution in [3.05, 3.63) is 52.9 Å². The normalized spacial score (nSPS) is 14.4. The first kappa shape index (κ1) is 24.1. The quantitative estimate of drug-likeness (QED) is 0.392. The fraction of sp³-hybridized carbons (Fsp3) is 0.360. The third-order valence-electron chi connectivity index (χ3n) is 6.43. The minimum atomic E-state index is -0.333. The third-order valence-corrected chi connectivity index (χ3v) is 6.88. The highest BCUT2D eigenvalue weighted by molar-refractivity contribution is 6.36. The van der Waals surface area contributed by atoms with Gasteiger partial charge < -0.3 is 19.5 Å². The summed E-state index contributed by atoms with van der Waals surface area (Å²) in [6, 6.07) is 9.29. The first-order valence-electron chi connectivity index (χ1n) is 11.7. The van der Waals surface area contributed by atoms with Crippen LogP contribution in [0.5, 0.6) is 11.5 Å². The molecule has 0 atom stereocenters. The van der Waals surface area contributed by atoms with Crippen molar-refractivity contribution in [1.82, 2.24) is 29.9 Å². The summed E-state index contributed by atoms with van der Waals surface area (Å²) in [6.45, 7) is 0.974. The fourth-order valence-corrected chi connectivity index (χ4v) is 4.58. The minimum Gasteiger partial charge on any atom is -0.493 e. The lowest BCUT2D eigenvalue weighted by Gasteiger charge is -2.29. The van der Waals surface area contributed by atoms with Crippen LogP contribution in [0.4, 0.5) is 0 Å². The molecule has 0 spiro atoms. The largest absolute Gasteiger partial charge is 0.493 e. The van der Waals surface area contributed by atoms with Gasteiger partial charge in [-0.2, -0.15) is 10.2 Å². The monoisotopic (exact) mass is 510 g/mol. The smallest absolute Gasteiger partial charge is 0.260 e. The van der Waals surface area contributed by atoms with Gasteiger partial charge in [0.2, 0.25) is 0 Å². The number of H-pyrrole nitrogens is 1. The molecule has 3 heterocycles. The number of nitrogens with zero attached hydrogens (tertiary/aromatic N) is 5. The van der Waals surface area contributed by atoms with Crippen molar-refractivity contribution in [2.24, 2.45) is 7.05 Å². The lowest BCUT2D eigenvalue weighted by molar-refractivity contribution is -0.135. The maximum Gasteiger partial charge on any atom is 0.260 e. The van der Waals surface area contributed by atoms with Crippen LogP contribution in [0.3, 0.4) is 0 Å². The number of carbonyl (C=O) groups excluding carboxylic acids is 1. The molecule has 1 saturated heterocycles. The Morgan fingerprint density at radius 3 is 2.81 bits per heavy atom. The average molecular weight is 511 g/mol. The number of methoxy groups -OCH3 is 1. The van der Waals surface area contributed by atoms with Crippen molar-refractivity contribution in [1.29, 1.82) is 0 Å². The van der Waals surface area contributed by atoms with Crippen molar-refractivity contribution < 1.29 is 19.4 Å². The molecule has 1 aliphatic heterocycles. The number of carbonyl (C=O) groups is 1. The second-order valence-electron chi connectivity index (χ2n) is 8.79. The Morgan fingerprint density at radius 1 is 1.22 bits per heavy atom. The molecule has 2 aromatic heterocycles. The first-order chi connectivity index (χ1) is 17.4. The topological polar surface area (TPSA) is 118 Å². The van der Waals surface area contributed by atoms with Crippen LogP contribution in [0.2, 0.25) is 5.02 Å². The molecule has 2 aromatic carbocycles. The van der Waals surface area contributed by atoms with Gasteiger partial charge in [0.05, 0.1) is 29.9 Å². The van der Waals surface area contributed by atoms with E-state index in [2.05, 4.69) is 15.3 Å². The number of halogens is 1. The van der Waals surface area contributed by atoms with Gasteiger partial charge in [-0.3, -0.25) is 14.6 Å². The predicted octanol–water partition coefficient (Wildman–Crippen LogP) is 2.97. The summed E-state index contributed by atoms with van der Waals surface area (Å²) in [4.78, 5) is 18.9. The minimum absolute atomic E-state index is 0.0977. The molecule has 10 nitrogen and oxygen atoms in total. The van der Waals surface area contributed by atoms with Crippen molar-refractivity contribution in [2.75, 3.05) is 26.8 Å². The van der Waals surface area contributed by atoms with Crippen LogP contribution in [0, 0.1) is 0 Å². The van der Waals surface area contributed by atoms with Crippen LogP contribution in [0.15, 0.2) is 36.5 Å². The number of ether oxygens (including phenoxy) is 2. The zero-order chi connectivity index (χ0) is 25.2. The van der Waals surface area contributed by atoms with E-state index in [0.29, 0.717) is 54.7 Å². The van der Waals surface area contributed by atoms with E-state index in [1.165, 1.54) is 0 Å². The van der Waals surface area contributed by atoms with Gasteiger partial charge >= 0.3 is 0 Å². The number of aromatic amines is 1. The molecule has 2 N–H and O–H groups in total. The lowest BCUT2D eigenvalue weighted by Crippen LogP contribution is -2.42. The first-order valence-corrected chi connectivity index (χ1v) is 12.1. The standard InChI is InChI=1S/C25H27ClN6O4/c1-31-22(12-15-3-5-19-18(24(15)26)13-27-29-19)28-25(30-31)16-4-6-20(21(11-16)35-2)36-14-23(34)32-9-7-17(33)8-10-32/h3-6,11,13,17,33H,7-10,12,14H2,1-2H3,(H,27,29). The molecule has 1 aliphatic rings.